The van der Waals surface area contributed by atoms with Gasteiger partial charge in [-0.3, -0.25) is 0 Å². The summed E-state index contributed by atoms with van der Waals surface area (Å²) in [5, 5.41) is 16.8. The number of nitrogens with zero attached hydrogens (tertiary/aromatic N) is 2. The lowest BCUT2D eigenvalue weighted by molar-refractivity contribution is -0.158. The van der Waals surface area contributed by atoms with Gasteiger partial charge >= 0.3 is 0 Å². The minimum Gasteiger partial charge on any atom is -0.396 e. The summed E-state index contributed by atoms with van der Waals surface area (Å²) in [5.74, 6) is 0.997. The van der Waals surface area contributed by atoms with Crippen molar-refractivity contribution in [2.75, 3.05) is 17.2 Å². The molecule has 7 nitrogen and oxygen atoms in total. The van der Waals surface area contributed by atoms with Gasteiger partial charge in [0.2, 0.25) is 0 Å². The van der Waals surface area contributed by atoms with E-state index in [2.05, 4.69) is 44.9 Å². The maximum absolute atomic E-state index is 9.75. The summed E-state index contributed by atoms with van der Waals surface area (Å²) in [5.41, 5.74) is 2.76. The molecule has 1 saturated heterocycles. The zero-order valence-electron chi connectivity index (χ0n) is 16.8. The highest BCUT2D eigenvalue weighted by molar-refractivity contribution is 5.50. The smallest absolute Gasteiger partial charge is 0.163 e. The van der Waals surface area contributed by atoms with E-state index in [1.165, 1.54) is 11.1 Å². The molecule has 0 spiro atoms. The Labute approximate surface area is 170 Å². The van der Waals surface area contributed by atoms with E-state index >= 15 is 0 Å². The van der Waals surface area contributed by atoms with Gasteiger partial charge in [0, 0.05) is 18.6 Å². The van der Waals surface area contributed by atoms with Gasteiger partial charge in [-0.1, -0.05) is 24.3 Å². The Morgan fingerprint density at radius 2 is 1.86 bits per heavy atom. The van der Waals surface area contributed by atoms with E-state index in [-0.39, 0.29) is 36.8 Å². The van der Waals surface area contributed by atoms with Crippen molar-refractivity contribution in [3.05, 3.63) is 47.8 Å². The van der Waals surface area contributed by atoms with Crippen LogP contribution in [-0.4, -0.2) is 45.7 Å². The average molecular weight is 396 g/mol. The third-order valence-electron chi connectivity index (χ3n) is 6.27. The fourth-order valence-corrected chi connectivity index (χ4v) is 5.00. The van der Waals surface area contributed by atoms with Gasteiger partial charge in [0.15, 0.2) is 5.79 Å². The van der Waals surface area contributed by atoms with Crippen LogP contribution in [0, 0.1) is 5.92 Å². The Hall–Kier alpha value is -2.22. The van der Waals surface area contributed by atoms with Crippen LogP contribution in [-0.2, 0) is 15.9 Å². The quantitative estimate of drug-likeness (QED) is 0.716. The molecule has 1 aliphatic heterocycles. The second-order valence-corrected chi connectivity index (χ2v) is 8.72. The molecule has 7 heteroatoms. The number of fused-ring (bicyclic) bond motifs is 2. The monoisotopic (exact) mass is 396 g/mol. The first-order chi connectivity index (χ1) is 14.0. The second kappa shape index (κ2) is 7.23. The van der Waals surface area contributed by atoms with Crippen molar-refractivity contribution in [3.63, 3.8) is 0 Å². The van der Waals surface area contributed by atoms with Gasteiger partial charge in [-0.05, 0) is 44.2 Å². The van der Waals surface area contributed by atoms with E-state index in [1.54, 1.807) is 6.33 Å². The van der Waals surface area contributed by atoms with Gasteiger partial charge < -0.3 is 25.2 Å². The van der Waals surface area contributed by atoms with Crippen molar-refractivity contribution in [1.29, 1.82) is 0 Å². The van der Waals surface area contributed by atoms with Crippen molar-refractivity contribution in [2.24, 2.45) is 5.92 Å². The van der Waals surface area contributed by atoms with Crippen molar-refractivity contribution in [1.82, 2.24) is 9.97 Å². The number of aromatic nitrogens is 2. The van der Waals surface area contributed by atoms with Crippen LogP contribution < -0.4 is 10.6 Å². The number of ether oxygens (including phenoxy) is 2. The summed E-state index contributed by atoms with van der Waals surface area (Å²) in [7, 11) is 0. The molecule has 5 rings (SSSR count). The van der Waals surface area contributed by atoms with Crippen molar-refractivity contribution in [3.8, 4) is 0 Å². The van der Waals surface area contributed by atoms with Crippen LogP contribution in [0.25, 0.3) is 0 Å². The first-order valence-corrected chi connectivity index (χ1v) is 10.4. The lowest BCUT2D eigenvalue weighted by Gasteiger charge is -2.24. The van der Waals surface area contributed by atoms with Gasteiger partial charge in [-0.25, -0.2) is 9.97 Å². The highest BCUT2D eigenvalue weighted by Gasteiger charge is 2.53. The minimum absolute atomic E-state index is 0.0360. The molecule has 3 N–H and O–H groups in total. The van der Waals surface area contributed by atoms with Crippen LogP contribution in [0.5, 0.6) is 0 Å². The molecule has 154 valence electrons. The van der Waals surface area contributed by atoms with Gasteiger partial charge in [-0.15, -0.1) is 0 Å². The zero-order chi connectivity index (χ0) is 20.0. The second-order valence-electron chi connectivity index (χ2n) is 8.72. The summed E-state index contributed by atoms with van der Waals surface area (Å²) >= 11 is 0. The molecule has 2 unspecified atom stereocenters. The minimum atomic E-state index is -0.628. The number of anilines is 2. The average Bonchev–Trinajstić information content (AvgIpc) is 3.34. The summed E-state index contributed by atoms with van der Waals surface area (Å²) in [6.07, 6.45) is 4.32. The lowest BCUT2D eigenvalue weighted by Crippen LogP contribution is -2.34. The van der Waals surface area contributed by atoms with Gasteiger partial charge in [-0.2, -0.15) is 0 Å². The molecule has 0 radical (unpaired) electrons. The summed E-state index contributed by atoms with van der Waals surface area (Å²) < 4.78 is 12.1. The molecule has 1 aromatic heterocycles. The predicted molar refractivity (Wildman–Crippen MR) is 110 cm³/mol. The van der Waals surface area contributed by atoms with Crippen LogP contribution >= 0.6 is 0 Å². The molecule has 0 amide bonds. The third-order valence-corrected chi connectivity index (χ3v) is 6.27. The number of nitrogens with one attached hydrogen (secondary N) is 2. The maximum Gasteiger partial charge on any atom is 0.163 e. The topological polar surface area (TPSA) is 88.5 Å². The number of benzene rings is 1. The lowest BCUT2D eigenvalue weighted by atomic mass is 10.1. The Bertz CT molecular complexity index is 890. The van der Waals surface area contributed by atoms with E-state index in [0.29, 0.717) is 0 Å². The van der Waals surface area contributed by atoms with E-state index in [9.17, 15) is 5.11 Å². The molecule has 1 saturated carbocycles. The number of aliphatic hydroxyl groups excluding tert-OH is 1. The van der Waals surface area contributed by atoms with Gasteiger partial charge in [0.1, 0.15) is 24.1 Å². The summed E-state index contributed by atoms with van der Waals surface area (Å²) in [4.78, 5) is 8.81. The van der Waals surface area contributed by atoms with E-state index in [1.807, 2.05) is 19.9 Å². The third kappa shape index (κ3) is 3.58. The SMILES string of the molecule is CC1(C)OC2C(CO)C[C@@H](Nc3cc(N[C@H]4CCc5ccccc54)ncn3)[C@@H]2O1. The molecule has 2 aromatic rings. The van der Waals surface area contributed by atoms with Crippen molar-refractivity contribution >= 4 is 11.6 Å². The van der Waals surface area contributed by atoms with Crippen LogP contribution in [0.2, 0.25) is 0 Å². The number of aliphatic hydroxyl groups is 1. The molecular weight excluding hydrogens is 368 g/mol. The Balaban J connectivity index is 1.30. The number of aryl methyl sites for hydroxylation is 1. The molecule has 2 aliphatic carbocycles. The van der Waals surface area contributed by atoms with E-state index in [4.69, 9.17) is 9.47 Å². The number of rotatable bonds is 5. The molecular formula is C22H28N4O3. The predicted octanol–water partition coefficient (Wildman–Crippen LogP) is 2.89. The normalized spacial score (nSPS) is 32.0. The first-order valence-electron chi connectivity index (χ1n) is 10.4. The van der Waals surface area contributed by atoms with Crippen LogP contribution in [0.4, 0.5) is 11.6 Å². The maximum atomic E-state index is 9.75. The van der Waals surface area contributed by atoms with Crippen LogP contribution in [0.15, 0.2) is 36.7 Å². The fraction of sp³-hybridized carbons (Fsp3) is 0.545. The van der Waals surface area contributed by atoms with Crippen LogP contribution in [0.1, 0.15) is 43.9 Å². The molecule has 2 fully saturated rings. The summed E-state index contributed by atoms with van der Waals surface area (Å²) in [6, 6.07) is 10.8. The van der Waals surface area contributed by atoms with Gasteiger partial charge in [0.25, 0.3) is 0 Å². The zero-order valence-corrected chi connectivity index (χ0v) is 16.8. The highest BCUT2D eigenvalue weighted by Crippen LogP contribution is 2.42. The number of hydrogen-bond donors (Lipinski definition) is 3. The van der Waals surface area contributed by atoms with E-state index < -0.39 is 5.79 Å². The fourth-order valence-electron chi connectivity index (χ4n) is 5.00. The number of hydrogen-bond acceptors (Lipinski definition) is 7. The van der Waals surface area contributed by atoms with Crippen LogP contribution in [0.3, 0.4) is 0 Å². The molecule has 3 aliphatic rings. The molecule has 5 atom stereocenters. The highest BCUT2D eigenvalue weighted by atomic mass is 16.8. The molecule has 1 aromatic carbocycles. The molecule has 0 bridgehead atoms. The van der Waals surface area contributed by atoms with Gasteiger partial charge in [0.05, 0.1) is 18.2 Å². The summed E-state index contributed by atoms with van der Waals surface area (Å²) in [6.45, 7) is 3.93. The Morgan fingerprint density at radius 3 is 2.69 bits per heavy atom. The Kier molecular flexibility index (Phi) is 4.69. The first kappa shape index (κ1) is 18.8. The standard InChI is InChI=1S/C22H28N4O3/c1-22(2)28-20-14(11-27)9-17(21(20)29-22)26-19-10-18(23-12-24-19)25-16-8-7-13-5-3-4-6-15(13)16/h3-6,10,12,14,16-17,20-21,27H,7-9,11H2,1-2H3,(H2,23,24,25,26)/t14?,16-,17+,20?,21-/m0/s1. The molecule has 2 heterocycles. The molecule has 29 heavy (non-hydrogen) atoms. The van der Waals surface area contributed by atoms with E-state index in [0.717, 1.165) is 30.9 Å². The van der Waals surface area contributed by atoms with Crippen molar-refractivity contribution in [2.45, 2.75) is 63.2 Å². The Morgan fingerprint density at radius 1 is 1.10 bits per heavy atom. The largest absolute Gasteiger partial charge is 0.396 e. The van der Waals surface area contributed by atoms with Crippen molar-refractivity contribution < 1.29 is 14.6 Å².